The lowest BCUT2D eigenvalue weighted by Crippen LogP contribution is -2.25. The molecule has 0 aromatic heterocycles. The molecule has 15 heavy (non-hydrogen) atoms. The van der Waals surface area contributed by atoms with Gasteiger partial charge in [-0.25, -0.2) is 4.79 Å². The molecule has 1 amide bonds. The Labute approximate surface area is 92.6 Å². The van der Waals surface area contributed by atoms with E-state index in [2.05, 4.69) is 12.2 Å². The van der Waals surface area contributed by atoms with Crippen LogP contribution < -0.4 is 5.32 Å². The summed E-state index contributed by atoms with van der Waals surface area (Å²) < 4.78 is 4.83. The van der Waals surface area contributed by atoms with Crippen LogP contribution in [0, 0.1) is 0 Å². The average Bonchev–Trinajstić information content (AvgIpc) is 2.63. The van der Waals surface area contributed by atoms with Crippen LogP contribution in [0.25, 0.3) is 0 Å². The molecule has 0 aromatic carbocycles. The molecule has 88 valence electrons. The van der Waals surface area contributed by atoms with E-state index in [0.29, 0.717) is 6.61 Å². The van der Waals surface area contributed by atoms with E-state index in [9.17, 15) is 4.79 Å². The van der Waals surface area contributed by atoms with Crippen LogP contribution in [0.3, 0.4) is 0 Å². The molecule has 1 heterocycles. The summed E-state index contributed by atoms with van der Waals surface area (Å²) >= 11 is 0. The second-order valence-corrected chi connectivity index (χ2v) is 4.35. The fourth-order valence-electron chi connectivity index (χ4n) is 1.93. The van der Waals surface area contributed by atoms with E-state index in [4.69, 9.17) is 4.74 Å². The monoisotopic (exact) mass is 213 g/mol. The Hall–Kier alpha value is -0.730. The number of rotatable bonds is 8. The van der Waals surface area contributed by atoms with Crippen LogP contribution in [-0.4, -0.2) is 18.7 Å². The normalized spacial score (nSPS) is 20.1. The lowest BCUT2D eigenvalue weighted by Gasteiger charge is -2.06. The number of carbonyl (C=O) groups excluding carboxylic acids is 1. The largest absolute Gasteiger partial charge is 0.447 e. The third kappa shape index (κ3) is 5.65. The Morgan fingerprint density at radius 2 is 1.87 bits per heavy atom. The Morgan fingerprint density at radius 1 is 1.20 bits per heavy atom. The van der Waals surface area contributed by atoms with Crippen molar-refractivity contribution in [1.82, 2.24) is 5.32 Å². The zero-order chi connectivity index (χ0) is 10.9. The van der Waals surface area contributed by atoms with E-state index < -0.39 is 0 Å². The lowest BCUT2D eigenvalue weighted by atomic mass is 10.1. The second kappa shape index (κ2) is 7.55. The third-order valence-corrected chi connectivity index (χ3v) is 2.89. The van der Waals surface area contributed by atoms with Crippen LogP contribution in [0.2, 0.25) is 0 Å². The van der Waals surface area contributed by atoms with Crippen molar-refractivity contribution in [3.8, 4) is 0 Å². The molecule has 0 saturated carbocycles. The van der Waals surface area contributed by atoms with Gasteiger partial charge in [-0.05, 0) is 6.42 Å². The summed E-state index contributed by atoms with van der Waals surface area (Å²) in [5.74, 6) is 0. The molecule has 0 radical (unpaired) electrons. The minimum Gasteiger partial charge on any atom is -0.447 e. The highest BCUT2D eigenvalue weighted by Gasteiger charge is 2.20. The fraction of sp³-hybridized carbons (Fsp3) is 0.917. The predicted molar refractivity (Wildman–Crippen MR) is 60.9 cm³/mol. The summed E-state index contributed by atoms with van der Waals surface area (Å²) in [6, 6.07) is 0.271. The second-order valence-electron chi connectivity index (χ2n) is 4.35. The zero-order valence-corrected chi connectivity index (χ0v) is 9.76. The molecule has 0 spiro atoms. The summed E-state index contributed by atoms with van der Waals surface area (Å²) in [7, 11) is 0. The summed E-state index contributed by atoms with van der Waals surface area (Å²) in [5, 5.41) is 2.80. The van der Waals surface area contributed by atoms with Crippen molar-refractivity contribution in [2.75, 3.05) is 6.61 Å². The molecule has 3 nitrogen and oxygen atoms in total. The number of hydrogen-bond donors (Lipinski definition) is 1. The maximum atomic E-state index is 10.7. The van der Waals surface area contributed by atoms with Crippen LogP contribution in [0.5, 0.6) is 0 Å². The fourth-order valence-corrected chi connectivity index (χ4v) is 1.93. The summed E-state index contributed by atoms with van der Waals surface area (Å²) in [4.78, 5) is 10.7. The van der Waals surface area contributed by atoms with E-state index >= 15 is 0 Å². The van der Waals surface area contributed by atoms with E-state index in [1.54, 1.807) is 0 Å². The van der Waals surface area contributed by atoms with Crippen LogP contribution in [0.15, 0.2) is 0 Å². The molecular weight excluding hydrogens is 190 g/mol. The zero-order valence-electron chi connectivity index (χ0n) is 9.76. The van der Waals surface area contributed by atoms with Crippen molar-refractivity contribution in [1.29, 1.82) is 0 Å². The number of alkyl carbamates (subject to hydrolysis) is 1. The van der Waals surface area contributed by atoms with Gasteiger partial charge in [-0.3, -0.25) is 0 Å². The first-order valence-corrected chi connectivity index (χ1v) is 6.26. The number of carbonyl (C=O) groups is 1. The van der Waals surface area contributed by atoms with E-state index in [1.807, 2.05) is 0 Å². The van der Waals surface area contributed by atoms with Gasteiger partial charge < -0.3 is 10.1 Å². The van der Waals surface area contributed by atoms with Gasteiger partial charge in [0.05, 0.1) is 6.04 Å². The highest BCUT2D eigenvalue weighted by molar-refractivity contribution is 5.69. The molecule has 1 fully saturated rings. The molecule has 1 N–H and O–H groups in total. The van der Waals surface area contributed by atoms with Crippen molar-refractivity contribution >= 4 is 6.09 Å². The van der Waals surface area contributed by atoms with Gasteiger partial charge in [0, 0.05) is 0 Å². The Kier molecular flexibility index (Phi) is 6.21. The molecule has 3 heteroatoms. The van der Waals surface area contributed by atoms with Gasteiger partial charge in [0.2, 0.25) is 0 Å². The number of hydrogen-bond acceptors (Lipinski definition) is 2. The number of cyclic esters (lactones) is 1. The Balaban J connectivity index is 1.83. The number of nitrogens with one attached hydrogen (secondary N) is 1. The number of amides is 1. The van der Waals surface area contributed by atoms with Crippen molar-refractivity contribution < 1.29 is 9.53 Å². The summed E-state index contributed by atoms with van der Waals surface area (Å²) in [5.41, 5.74) is 0. The van der Waals surface area contributed by atoms with Gasteiger partial charge in [0.25, 0.3) is 0 Å². The molecule has 1 atom stereocenters. The van der Waals surface area contributed by atoms with Gasteiger partial charge in [-0.15, -0.1) is 0 Å². The minimum atomic E-state index is -0.247. The molecule has 1 saturated heterocycles. The first-order valence-electron chi connectivity index (χ1n) is 6.26. The maximum absolute atomic E-state index is 10.7. The Morgan fingerprint density at radius 3 is 2.47 bits per heavy atom. The van der Waals surface area contributed by atoms with Crippen molar-refractivity contribution in [2.24, 2.45) is 0 Å². The van der Waals surface area contributed by atoms with Gasteiger partial charge in [0.15, 0.2) is 0 Å². The molecule has 0 aromatic rings. The predicted octanol–water partition coefficient (Wildman–Crippen LogP) is 3.24. The summed E-state index contributed by atoms with van der Waals surface area (Å²) in [6.45, 7) is 2.80. The SMILES string of the molecule is CCCCCCCCCC1COC(=O)N1. The molecule has 1 aliphatic heterocycles. The van der Waals surface area contributed by atoms with Crippen molar-refractivity contribution in [3.05, 3.63) is 0 Å². The number of ether oxygens (including phenoxy) is 1. The first-order chi connectivity index (χ1) is 7.33. The standard InChI is InChI=1S/C12H23NO2/c1-2-3-4-5-6-7-8-9-11-10-15-12(14)13-11/h11H,2-10H2,1H3,(H,13,14). The lowest BCUT2D eigenvalue weighted by molar-refractivity contribution is 0.176. The molecular formula is C12H23NO2. The van der Waals surface area contributed by atoms with Crippen molar-refractivity contribution in [3.63, 3.8) is 0 Å². The van der Waals surface area contributed by atoms with Crippen molar-refractivity contribution in [2.45, 2.75) is 64.3 Å². The van der Waals surface area contributed by atoms with Gasteiger partial charge in [-0.1, -0.05) is 51.9 Å². The molecule has 0 bridgehead atoms. The van der Waals surface area contributed by atoms with Gasteiger partial charge >= 0.3 is 6.09 Å². The highest BCUT2D eigenvalue weighted by atomic mass is 16.6. The smallest absolute Gasteiger partial charge is 0.407 e. The number of unbranched alkanes of at least 4 members (excludes halogenated alkanes) is 6. The molecule has 0 aliphatic carbocycles. The molecule has 1 unspecified atom stereocenters. The van der Waals surface area contributed by atoms with E-state index in [1.165, 1.54) is 44.9 Å². The van der Waals surface area contributed by atoms with Crippen LogP contribution >= 0.6 is 0 Å². The van der Waals surface area contributed by atoms with Gasteiger partial charge in [-0.2, -0.15) is 0 Å². The van der Waals surface area contributed by atoms with E-state index in [-0.39, 0.29) is 12.1 Å². The third-order valence-electron chi connectivity index (χ3n) is 2.89. The first kappa shape index (κ1) is 12.3. The summed E-state index contributed by atoms with van der Waals surface area (Å²) in [6.07, 6.45) is 10.1. The minimum absolute atomic E-state index is 0.247. The maximum Gasteiger partial charge on any atom is 0.407 e. The molecule has 1 aliphatic rings. The quantitative estimate of drug-likeness (QED) is 0.629. The average molecular weight is 213 g/mol. The van der Waals surface area contributed by atoms with Crippen LogP contribution in [0.4, 0.5) is 4.79 Å². The Bertz CT molecular complexity index is 182. The van der Waals surface area contributed by atoms with Gasteiger partial charge in [0.1, 0.15) is 6.61 Å². The highest BCUT2D eigenvalue weighted by Crippen LogP contribution is 2.11. The topological polar surface area (TPSA) is 38.3 Å². The van der Waals surface area contributed by atoms with Crippen LogP contribution in [0.1, 0.15) is 58.3 Å². The van der Waals surface area contributed by atoms with E-state index in [0.717, 1.165) is 6.42 Å². The molecule has 1 rings (SSSR count). The van der Waals surface area contributed by atoms with Crippen LogP contribution in [-0.2, 0) is 4.74 Å².